The van der Waals surface area contributed by atoms with Gasteiger partial charge in [-0.2, -0.15) is 0 Å². The van der Waals surface area contributed by atoms with Gasteiger partial charge in [-0.05, 0) is 37.8 Å². The van der Waals surface area contributed by atoms with E-state index in [0.717, 1.165) is 25.6 Å². The minimum atomic E-state index is 0.0554. The van der Waals surface area contributed by atoms with Gasteiger partial charge >= 0.3 is 0 Å². The Labute approximate surface area is 143 Å². The molecule has 0 aromatic carbocycles. The Morgan fingerprint density at radius 3 is 3.00 bits per heavy atom. The highest BCUT2D eigenvalue weighted by molar-refractivity contribution is 7.11. The number of amides is 1. The number of likely N-dealkylation sites (tertiary alicyclic amines) is 1. The van der Waals surface area contributed by atoms with Crippen LogP contribution in [0.4, 0.5) is 0 Å². The summed E-state index contributed by atoms with van der Waals surface area (Å²) in [4.78, 5) is 18.7. The zero-order valence-corrected chi connectivity index (χ0v) is 15.3. The van der Waals surface area contributed by atoms with Gasteiger partial charge in [0.2, 0.25) is 5.91 Å². The molecule has 2 fully saturated rings. The number of nitrogens with zero attached hydrogens (tertiary/aromatic N) is 2. The quantitative estimate of drug-likeness (QED) is 0.801. The molecular weight excluding hydrogens is 308 g/mol. The highest BCUT2D eigenvalue weighted by atomic mass is 32.1. The van der Waals surface area contributed by atoms with Crippen LogP contribution in [0, 0.1) is 18.3 Å². The monoisotopic (exact) mass is 336 g/mol. The Hall–Kier alpha value is -0.910. The maximum absolute atomic E-state index is 11.7. The van der Waals surface area contributed by atoms with Gasteiger partial charge in [0.05, 0.1) is 6.61 Å². The second kappa shape index (κ2) is 6.91. The summed E-state index contributed by atoms with van der Waals surface area (Å²) < 4.78 is 5.83. The highest BCUT2D eigenvalue weighted by Crippen LogP contribution is 2.49. The van der Waals surface area contributed by atoms with Crippen molar-refractivity contribution in [3.05, 3.63) is 21.9 Å². The van der Waals surface area contributed by atoms with Gasteiger partial charge in [-0.3, -0.25) is 9.69 Å². The van der Waals surface area contributed by atoms with Crippen LogP contribution >= 0.6 is 11.3 Å². The van der Waals surface area contributed by atoms with E-state index in [2.05, 4.69) is 24.0 Å². The summed E-state index contributed by atoms with van der Waals surface area (Å²) in [5.41, 5.74) is 0.277. The van der Waals surface area contributed by atoms with Crippen molar-refractivity contribution in [1.29, 1.82) is 0 Å². The molecular formula is C18H28N2O2S. The van der Waals surface area contributed by atoms with E-state index in [9.17, 15) is 4.79 Å². The number of ether oxygens (including phenoxy) is 1. The van der Waals surface area contributed by atoms with Gasteiger partial charge < -0.3 is 9.64 Å². The van der Waals surface area contributed by atoms with E-state index in [1.165, 1.54) is 35.6 Å². The average molecular weight is 337 g/mol. The van der Waals surface area contributed by atoms with Crippen molar-refractivity contribution in [3.63, 3.8) is 0 Å². The van der Waals surface area contributed by atoms with Crippen LogP contribution in [0.5, 0.6) is 0 Å². The zero-order chi connectivity index (χ0) is 16.4. The van der Waals surface area contributed by atoms with Crippen molar-refractivity contribution >= 4 is 17.2 Å². The summed E-state index contributed by atoms with van der Waals surface area (Å²) in [5, 5.41) is 0. The van der Waals surface area contributed by atoms with Crippen LogP contribution in [0.3, 0.4) is 0 Å². The van der Waals surface area contributed by atoms with Crippen molar-refractivity contribution in [2.24, 2.45) is 11.3 Å². The van der Waals surface area contributed by atoms with Gasteiger partial charge in [0.15, 0.2) is 0 Å². The first-order valence-electron chi connectivity index (χ1n) is 8.54. The number of carbonyl (C=O) groups is 1. The van der Waals surface area contributed by atoms with E-state index in [1.807, 2.05) is 11.3 Å². The standard InChI is InChI=1S/C18H28N2O2S/c1-14-6-7-16(23-14)10-20-9-15-5-4-8-18(15,12-20)13-22-11-17(21)19(2)3/h6-7,15H,4-5,8-13H2,1-3H3/t15-,18+/m1/s1. The van der Waals surface area contributed by atoms with Crippen LogP contribution in [-0.2, 0) is 16.1 Å². The molecule has 5 heteroatoms. The molecule has 1 saturated heterocycles. The summed E-state index contributed by atoms with van der Waals surface area (Å²) in [6.45, 7) is 6.48. The van der Waals surface area contributed by atoms with Crippen molar-refractivity contribution in [2.75, 3.05) is 40.4 Å². The molecule has 1 aliphatic carbocycles. The number of hydrogen-bond acceptors (Lipinski definition) is 4. The summed E-state index contributed by atoms with van der Waals surface area (Å²) in [5.74, 6) is 0.790. The van der Waals surface area contributed by atoms with Crippen LogP contribution in [0.25, 0.3) is 0 Å². The predicted octanol–water partition coefficient (Wildman–Crippen LogP) is 2.76. The topological polar surface area (TPSA) is 32.8 Å². The van der Waals surface area contributed by atoms with E-state index >= 15 is 0 Å². The molecule has 2 atom stereocenters. The summed E-state index contributed by atoms with van der Waals surface area (Å²) in [6, 6.07) is 4.47. The Morgan fingerprint density at radius 1 is 1.48 bits per heavy atom. The second-order valence-corrected chi connectivity index (χ2v) is 8.79. The van der Waals surface area contributed by atoms with E-state index in [4.69, 9.17) is 4.74 Å². The zero-order valence-electron chi connectivity index (χ0n) is 14.5. The van der Waals surface area contributed by atoms with Crippen LogP contribution in [-0.4, -0.2) is 56.1 Å². The van der Waals surface area contributed by atoms with Crippen molar-refractivity contribution in [1.82, 2.24) is 9.80 Å². The highest BCUT2D eigenvalue weighted by Gasteiger charge is 2.49. The molecule has 0 N–H and O–H groups in total. The first-order chi connectivity index (χ1) is 11.0. The normalized spacial score (nSPS) is 27.3. The molecule has 2 aliphatic rings. The third-order valence-corrected chi connectivity index (χ3v) is 6.39. The lowest BCUT2D eigenvalue weighted by Gasteiger charge is -2.29. The SMILES string of the molecule is Cc1ccc(CN2C[C@H]3CCC[C@@]3(COCC(=O)N(C)C)C2)s1. The van der Waals surface area contributed by atoms with Crippen molar-refractivity contribution in [3.8, 4) is 0 Å². The Morgan fingerprint density at radius 2 is 2.30 bits per heavy atom. The van der Waals surface area contributed by atoms with Crippen LogP contribution in [0.1, 0.15) is 29.0 Å². The molecule has 0 unspecified atom stereocenters. The molecule has 1 amide bonds. The minimum Gasteiger partial charge on any atom is -0.371 e. The lowest BCUT2D eigenvalue weighted by atomic mass is 9.82. The smallest absolute Gasteiger partial charge is 0.248 e. The Bertz CT molecular complexity index is 557. The predicted molar refractivity (Wildman–Crippen MR) is 93.6 cm³/mol. The average Bonchev–Trinajstić information content (AvgIpc) is 3.13. The lowest BCUT2D eigenvalue weighted by molar-refractivity contribution is -0.135. The molecule has 0 radical (unpaired) electrons. The van der Waals surface area contributed by atoms with Gasteiger partial charge in [-0.15, -0.1) is 11.3 Å². The molecule has 3 rings (SSSR count). The van der Waals surface area contributed by atoms with Crippen LogP contribution in [0.15, 0.2) is 12.1 Å². The van der Waals surface area contributed by atoms with E-state index in [0.29, 0.717) is 0 Å². The second-order valence-electron chi connectivity index (χ2n) is 7.41. The first-order valence-corrected chi connectivity index (χ1v) is 9.36. The number of hydrogen-bond donors (Lipinski definition) is 0. The number of aryl methyl sites for hydroxylation is 1. The minimum absolute atomic E-state index is 0.0554. The molecule has 0 spiro atoms. The van der Waals surface area contributed by atoms with E-state index < -0.39 is 0 Å². The molecule has 1 aromatic rings. The molecule has 23 heavy (non-hydrogen) atoms. The largest absolute Gasteiger partial charge is 0.371 e. The Balaban J connectivity index is 1.56. The van der Waals surface area contributed by atoms with E-state index in [-0.39, 0.29) is 17.9 Å². The first kappa shape index (κ1) is 16.9. The molecule has 1 saturated carbocycles. The molecule has 4 nitrogen and oxygen atoms in total. The summed E-state index contributed by atoms with van der Waals surface area (Å²) in [6.07, 6.45) is 3.86. The fraction of sp³-hybridized carbons (Fsp3) is 0.722. The fourth-order valence-corrected chi connectivity index (χ4v) is 5.08. The van der Waals surface area contributed by atoms with Crippen molar-refractivity contribution < 1.29 is 9.53 Å². The van der Waals surface area contributed by atoms with Gasteiger partial charge in [0.1, 0.15) is 6.61 Å². The maximum atomic E-state index is 11.7. The fourth-order valence-electron chi connectivity index (χ4n) is 4.14. The Kier molecular flexibility index (Phi) is 5.09. The summed E-state index contributed by atoms with van der Waals surface area (Å²) >= 11 is 1.90. The van der Waals surface area contributed by atoms with E-state index in [1.54, 1.807) is 19.0 Å². The molecule has 1 aromatic heterocycles. The molecule has 128 valence electrons. The lowest BCUT2D eigenvalue weighted by Crippen LogP contribution is -2.34. The number of carbonyl (C=O) groups excluding carboxylic acids is 1. The number of likely N-dealkylation sites (N-methyl/N-ethyl adjacent to an activating group) is 1. The number of rotatable bonds is 6. The van der Waals surface area contributed by atoms with Crippen LogP contribution in [0.2, 0.25) is 0 Å². The third kappa shape index (κ3) is 3.78. The van der Waals surface area contributed by atoms with Gasteiger partial charge in [-0.25, -0.2) is 0 Å². The molecule has 1 aliphatic heterocycles. The molecule has 0 bridgehead atoms. The molecule has 2 heterocycles. The summed E-state index contributed by atoms with van der Waals surface area (Å²) in [7, 11) is 3.56. The number of fused-ring (bicyclic) bond motifs is 1. The van der Waals surface area contributed by atoms with Crippen LogP contribution < -0.4 is 0 Å². The van der Waals surface area contributed by atoms with Gasteiger partial charge in [0.25, 0.3) is 0 Å². The maximum Gasteiger partial charge on any atom is 0.248 e. The third-order valence-electron chi connectivity index (χ3n) is 5.40. The van der Waals surface area contributed by atoms with Gasteiger partial charge in [0, 0.05) is 48.9 Å². The van der Waals surface area contributed by atoms with Crippen molar-refractivity contribution in [2.45, 2.75) is 32.7 Å². The van der Waals surface area contributed by atoms with Gasteiger partial charge in [-0.1, -0.05) is 6.42 Å². The number of thiophene rings is 1.